The van der Waals surface area contributed by atoms with E-state index in [2.05, 4.69) is 21.6 Å². The molecule has 5 rings (SSSR count). The van der Waals surface area contributed by atoms with E-state index >= 15 is 0 Å². The highest BCUT2D eigenvalue weighted by Gasteiger charge is 2.30. The fourth-order valence-electron chi connectivity index (χ4n) is 5.15. The lowest BCUT2D eigenvalue weighted by Gasteiger charge is -2.34. The van der Waals surface area contributed by atoms with Crippen LogP contribution in [0.2, 0.25) is 0 Å². The van der Waals surface area contributed by atoms with Gasteiger partial charge in [-0.1, -0.05) is 43.5 Å². The van der Waals surface area contributed by atoms with Crippen molar-refractivity contribution in [2.24, 2.45) is 10.9 Å². The molecule has 0 amide bonds. The molecule has 1 atom stereocenters. The predicted molar refractivity (Wildman–Crippen MR) is 138 cm³/mol. The molecule has 2 fully saturated rings. The van der Waals surface area contributed by atoms with Gasteiger partial charge in [0, 0.05) is 31.7 Å². The number of hydrogen-bond donors (Lipinski definition) is 3. The van der Waals surface area contributed by atoms with Gasteiger partial charge in [0.2, 0.25) is 0 Å². The molecule has 0 aromatic heterocycles. The number of halogens is 1. The zero-order valence-corrected chi connectivity index (χ0v) is 20.3. The van der Waals surface area contributed by atoms with Gasteiger partial charge in [-0.2, -0.15) is 5.26 Å². The first-order valence-corrected chi connectivity index (χ1v) is 12.8. The fraction of sp³-hybridized carbons (Fsp3) is 0.429. The summed E-state index contributed by atoms with van der Waals surface area (Å²) in [4.78, 5) is 7.02. The van der Waals surface area contributed by atoms with Gasteiger partial charge < -0.3 is 25.4 Å². The minimum absolute atomic E-state index is 0.118. The largest absolute Gasteiger partial charge is 0.364 e. The van der Waals surface area contributed by atoms with Crippen molar-refractivity contribution in [3.05, 3.63) is 59.6 Å². The standard InChI is InChI=1S/C28H32FN5O2/c29-23-9-5-4-8-21(23)20-10-11-24-25(16-20)33-27(34-14-12-31-13-15-34)26(32-24)22(17-30)28(35)36-18-19-6-2-1-3-7-19/h4-5,8-11,16,19,28,31-32,35H,1-3,6-7,12-15,18H2/b26-22-. The molecule has 188 valence electrons. The average Bonchev–Trinajstić information content (AvgIpc) is 2.93. The summed E-state index contributed by atoms with van der Waals surface area (Å²) in [7, 11) is 0. The Morgan fingerprint density at radius 1 is 1.17 bits per heavy atom. The second-order valence-corrected chi connectivity index (χ2v) is 9.60. The van der Waals surface area contributed by atoms with Gasteiger partial charge in [0.05, 0.1) is 18.0 Å². The van der Waals surface area contributed by atoms with E-state index in [0.29, 0.717) is 54.1 Å². The van der Waals surface area contributed by atoms with Crippen molar-refractivity contribution in [1.29, 1.82) is 5.26 Å². The monoisotopic (exact) mass is 489 g/mol. The lowest BCUT2D eigenvalue weighted by Crippen LogP contribution is -2.48. The fourth-order valence-corrected chi connectivity index (χ4v) is 5.15. The number of aliphatic hydroxyl groups excluding tert-OH is 1. The molecule has 2 aromatic rings. The average molecular weight is 490 g/mol. The number of anilines is 1. The van der Waals surface area contributed by atoms with E-state index in [4.69, 9.17) is 9.73 Å². The van der Waals surface area contributed by atoms with Gasteiger partial charge in [-0.3, -0.25) is 0 Å². The van der Waals surface area contributed by atoms with Crippen LogP contribution in [0.15, 0.2) is 58.7 Å². The summed E-state index contributed by atoms with van der Waals surface area (Å²) in [6.45, 7) is 3.44. The summed E-state index contributed by atoms with van der Waals surface area (Å²) in [6.07, 6.45) is 4.46. The topological polar surface area (TPSA) is 92.9 Å². The lowest BCUT2D eigenvalue weighted by atomic mass is 9.90. The maximum Gasteiger partial charge on any atom is 0.193 e. The van der Waals surface area contributed by atoms with Crippen LogP contribution in [0.4, 0.5) is 15.8 Å². The summed E-state index contributed by atoms with van der Waals surface area (Å²) in [5.74, 6) is 0.709. The molecule has 7 nitrogen and oxygen atoms in total. The number of hydrogen-bond acceptors (Lipinski definition) is 7. The summed E-state index contributed by atoms with van der Waals surface area (Å²) >= 11 is 0. The van der Waals surface area contributed by atoms with Crippen LogP contribution in [0.1, 0.15) is 32.1 Å². The quantitative estimate of drug-likeness (QED) is 0.422. The number of nitriles is 1. The van der Waals surface area contributed by atoms with E-state index in [0.717, 1.165) is 31.5 Å². The molecular formula is C28H32FN5O2. The lowest BCUT2D eigenvalue weighted by molar-refractivity contribution is -0.0846. The SMILES string of the molecule is N#C/C(=C1/Nc2ccc(-c3ccccc3F)cc2N=C1N1CCNCC1)C(O)OCC1CCCCC1. The first kappa shape index (κ1) is 24.4. The van der Waals surface area contributed by atoms with E-state index in [-0.39, 0.29) is 11.4 Å². The molecule has 0 radical (unpaired) electrons. The van der Waals surface area contributed by atoms with E-state index in [9.17, 15) is 14.8 Å². The van der Waals surface area contributed by atoms with Gasteiger partial charge in [0.25, 0.3) is 0 Å². The Bertz CT molecular complexity index is 1190. The van der Waals surface area contributed by atoms with Gasteiger partial charge in [-0.15, -0.1) is 0 Å². The van der Waals surface area contributed by atoms with Gasteiger partial charge in [0.15, 0.2) is 12.1 Å². The molecule has 0 bridgehead atoms. The number of nitrogens with one attached hydrogen (secondary N) is 2. The number of aliphatic hydroxyl groups is 1. The van der Waals surface area contributed by atoms with Crippen LogP contribution in [-0.4, -0.2) is 54.9 Å². The molecule has 2 aromatic carbocycles. The van der Waals surface area contributed by atoms with Gasteiger partial charge in [-0.05, 0) is 42.5 Å². The molecule has 1 saturated carbocycles. The molecule has 36 heavy (non-hydrogen) atoms. The number of amidine groups is 1. The van der Waals surface area contributed by atoms with Crippen LogP contribution in [0.5, 0.6) is 0 Å². The Kier molecular flexibility index (Phi) is 7.61. The van der Waals surface area contributed by atoms with Crippen molar-refractivity contribution in [2.75, 3.05) is 38.1 Å². The Labute approximate surface area is 211 Å². The highest BCUT2D eigenvalue weighted by Crippen LogP contribution is 2.37. The minimum atomic E-state index is -1.34. The molecule has 1 unspecified atom stereocenters. The van der Waals surface area contributed by atoms with Crippen LogP contribution in [0, 0.1) is 23.1 Å². The Balaban J connectivity index is 1.48. The minimum Gasteiger partial charge on any atom is -0.364 e. The van der Waals surface area contributed by atoms with Crippen molar-refractivity contribution in [3.63, 3.8) is 0 Å². The normalized spacial score (nSPS) is 20.6. The Morgan fingerprint density at radius 3 is 2.69 bits per heavy atom. The maximum atomic E-state index is 14.4. The maximum absolute atomic E-state index is 14.4. The summed E-state index contributed by atoms with van der Waals surface area (Å²) < 4.78 is 20.2. The number of nitrogens with zero attached hydrogens (tertiary/aromatic N) is 3. The highest BCUT2D eigenvalue weighted by atomic mass is 19.1. The van der Waals surface area contributed by atoms with Crippen molar-refractivity contribution >= 4 is 17.2 Å². The smallest absolute Gasteiger partial charge is 0.193 e. The van der Waals surface area contributed by atoms with Gasteiger partial charge in [-0.25, -0.2) is 9.38 Å². The van der Waals surface area contributed by atoms with E-state index < -0.39 is 6.29 Å². The second-order valence-electron chi connectivity index (χ2n) is 9.60. The van der Waals surface area contributed by atoms with Crippen molar-refractivity contribution in [3.8, 4) is 17.2 Å². The predicted octanol–water partition coefficient (Wildman–Crippen LogP) is 4.55. The third kappa shape index (κ3) is 5.29. The molecular weight excluding hydrogens is 457 g/mol. The van der Waals surface area contributed by atoms with Crippen molar-refractivity contribution < 1.29 is 14.2 Å². The number of ether oxygens (including phenoxy) is 1. The summed E-state index contributed by atoms with van der Waals surface area (Å²) in [5.41, 5.74) is 3.15. The summed E-state index contributed by atoms with van der Waals surface area (Å²) in [5, 5.41) is 27.6. The van der Waals surface area contributed by atoms with Crippen molar-refractivity contribution in [2.45, 2.75) is 38.4 Å². The van der Waals surface area contributed by atoms with Gasteiger partial charge >= 0.3 is 0 Å². The molecule has 2 heterocycles. The molecule has 1 aliphatic carbocycles. The molecule has 2 aliphatic heterocycles. The Morgan fingerprint density at radius 2 is 1.94 bits per heavy atom. The third-order valence-corrected chi connectivity index (χ3v) is 7.16. The van der Waals surface area contributed by atoms with Crippen LogP contribution >= 0.6 is 0 Å². The second kappa shape index (κ2) is 11.2. The number of piperazine rings is 1. The number of rotatable bonds is 5. The third-order valence-electron chi connectivity index (χ3n) is 7.16. The van der Waals surface area contributed by atoms with Crippen molar-refractivity contribution in [1.82, 2.24) is 10.2 Å². The summed E-state index contributed by atoms with van der Waals surface area (Å²) in [6, 6.07) is 14.3. The first-order chi connectivity index (χ1) is 17.6. The Hall–Kier alpha value is -3.25. The molecule has 1 saturated heterocycles. The van der Waals surface area contributed by atoms with Crippen LogP contribution in [-0.2, 0) is 4.74 Å². The molecule has 0 spiro atoms. The number of aliphatic imine (C=N–C) groups is 1. The van der Waals surface area contributed by atoms with E-state index in [1.54, 1.807) is 18.2 Å². The van der Waals surface area contributed by atoms with E-state index in [1.165, 1.54) is 25.3 Å². The van der Waals surface area contributed by atoms with E-state index in [1.807, 2.05) is 18.2 Å². The number of fused-ring (bicyclic) bond motifs is 1. The van der Waals surface area contributed by atoms with Crippen LogP contribution in [0.3, 0.4) is 0 Å². The highest BCUT2D eigenvalue weighted by molar-refractivity contribution is 6.07. The van der Waals surface area contributed by atoms with Gasteiger partial charge in [0.1, 0.15) is 23.2 Å². The zero-order chi connectivity index (χ0) is 24.9. The molecule has 3 N–H and O–H groups in total. The molecule has 8 heteroatoms. The molecule has 3 aliphatic rings. The number of benzene rings is 2. The zero-order valence-electron chi connectivity index (χ0n) is 20.3. The van der Waals surface area contributed by atoms with Crippen LogP contribution in [0.25, 0.3) is 11.1 Å². The van der Waals surface area contributed by atoms with Crippen LogP contribution < -0.4 is 10.6 Å². The first-order valence-electron chi connectivity index (χ1n) is 12.8.